The summed E-state index contributed by atoms with van der Waals surface area (Å²) in [5, 5.41) is 9.43. The van der Waals surface area contributed by atoms with E-state index in [0.717, 1.165) is 34.9 Å². The standard InChI is InChI=1S/C39H53N7O5S2/c1-29(2)37-42-33(27-52-37)25-44(3)38(48)43-35(15-16-45-18-20-50-21-19-45)36(47)41-32(22-30-10-6-4-7-11-30)14-17-46(24-31-12-8-5-9-13-31)39(49)51-26-34-23-40-28-53-34/h4-13,27-29,32,34-35H,14-26H2,1-3H3,(H,41,47)(H,43,48). The number of carbonyl (C=O) groups excluding carboxylic acids is 3. The van der Waals surface area contributed by atoms with E-state index in [1.54, 1.807) is 45.5 Å². The molecule has 3 unspecified atom stereocenters. The molecule has 0 radical (unpaired) electrons. The molecule has 3 heterocycles. The highest BCUT2D eigenvalue weighted by molar-refractivity contribution is 8.12. The fourth-order valence-corrected chi connectivity index (χ4v) is 7.59. The molecule has 0 bridgehead atoms. The zero-order chi connectivity index (χ0) is 37.4. The zero-order valence-electron chi connectivity index (χ0n) is 31.0. The minimum absolute atomic E-state index is 0.116. The molecule has 53 heavy (non-hydrogen) atoms. The highest BCUT2D eigenvalue weighted by atomic mass is 32.2. The second-order valence-corrected chi connectivity index (χ2v) is 15.9. The molecule has 1 fully saturated rings. The van der Waals surface area contributed by atoms with Crippen LogP contribution in [0.4, 0.5) is 9.59 Å². The molecule has 14 heteroatoms. The lowest BCUT2D eigenvalue weighted by Gasteiger charge is -2.30. The summed E-state index contributed by atoms with van der Waals surface area (Å²) in [5.41, 5.74) is 4.67. The number of thiazole rings is 1. The summed E-state index contributed by atoms with van der Waals surface area (Å²) in [4.78, 5) is 55.7. The van der Waals surface area contributed by atoms with Gasteiger partial charge >= 0.3 is 12.1 Å². The molecule has 0 spiro atoms. The van der Waals surface area contributed by atoms with Crippen molar-refractivity contribution in [2.75, 3.05) is 59.6 Å². The van der Waals surface area contributed by atoms with Gasteiger partial charge in [0, 0.05) is 57.1 Å². The van der Waals surface area contributed by atoms with Crippen LogP contribution in [0.5, 0.6) is 0 Å². The molecule has 0 saturated carbocycles. The minimum Gasteiger partial charge on any atom is -0.448 e. The number of hydrogen-bond donors (Lipinski definition) is 2. The van der Waals surface area contributed by atoms with E-state index in [0.29, 0.717) is 71.1 Å². The van der Waals surface area contributed by atoms with Gasteiger partial charge in [-0.25, -0.2) is 14.6 Å². The average molecular weight is 764 g/mol. The third kappa shape index (κ3) is 13.4. The van der Waals surface area contributed by atoms with Crippen molar-refractivity contribution in [2.24, 2.45) is 4.99 Å². The van der Waals surface area contributed by atoms with Gasteiger partial charge in [0.05, 0.1) is 47.8 Å². The largest absolute Gasteiger partial charge is 0.448 e. The Morgan fingerprint density at radius 3 is 2.36 bits per heavy atom. The summed E-state index contributed by atoms with van der Waals surface area (Å²) in [5.74, 6) is 0.0549. The van der Waals surface area contributed by atoms with Crippen LogP contribution >= 0.6 is 23.1 Å². The number of hydrogen-bond acceptors (Lipinski definition) is 10. The maximum atomic E-state index is 14.2. The summed E-state index contributed by atoms with van der Waals surface area (Å²) < 4.78 is 11.3. The van der Waals surface area contributed by atoms with E-state index in [1.165, 1.54) is 0 Å². The molecule has 5 rings (SSSR count). The Labute approximate surface area is 321 Å². The molecule has 1 aromatic heterocycles. The predicted octanol–water partition coefficient (Wildman–Crippen LogP) is 5.40. The van der Waals surface area contributed by atoms with Gasteiger partial charge in [-0.1, -0.05) is 74.5 Å². The molecule has 286 valence electrons. The Hall–Kier alpha value is -3.98. The predicted molar refractivity (Wildman–Crippen MR) is 211 cm³/mol. The van der Waals surface area contributed by atoms with Crippen LogP contribution in [0, 0.1) is 0 Å². The Morgan fingerprint density at radius 1 is 0.981 bits per heavy atom. The van der Waals surface area contributed by atoms with Crippen LogP contribution in [-0.2, 0) is 33.8 Å². The lowest BCUT2D eigenvalue weighted by Crippen LogP contribution is -2.54. The Morgan fingerprint density at radius 2 is 1.70 bits per heavy atom. The van der Waals surface area contributed by atoms with Gasteiger partial charge in [0.1, 0.15) is 12.6 Å². The van der Waals surface area contributed by atoms with Crippen molar-refractivity contribution in [1.82, 2.24) is 30.3 Å². The summed E-state index contributed by atoms with van der Waals surface area (Å²) in [6.07, 6.45) is 1.08. The number of urea groups is 1. The van der Waals surface area contributed by atoms with E-state index < -0.39 is 12.1 Å². The first-order valence-corrected chi connectivity index (χ1v) is 20.3. The normalized spacial score (nSPS) is 16.9. The van der Waals surface area contributed by atoms with E-state index >= 15 is 0 Å². The van der Waals surface area contributed by atoms with E-state index in [2.05, 4.69) is 39.4 Å². The van der Waals surface area contributed by atoms with Crippen molar-refractivity contribution >= 4 is 46.7 Å². The number of carbonyl (C=O) groups is 3. The second kappa shape index (κ2) is 21.0. The monoisotopic (exact) mass is 763 g/mol. The second-order valence-electron chi connectivity index (χ2n) is 13.8. The third-order valence-corrected chi connectivity index (χ3v) is 11.3. The van der Waals surface area contributed by atoms with E-state index in [4.69, 9.17) is 9.47 Å². The van der Waals surface area contributed by atoms with Crippen molar-refractivity contribution in [3.63, 3.8) is 0 Å². The Bertz CT molecular complexity index is 1600. The quantitative estimate of drug-likeness (QED) is 0.177. The van der Waals surface area contributed by atoms with Gasteiger partial charge in [-0.05, 0) is 30.4 Å². The maximum Gasteiger partial charge on any atom is 0.410 e. The van der Waals surface area contributed by atoms with Crippen molar-refractivity contribution in [3.05, 3.63) is 87.9 Å². The highest BCUT2D eigenvalue weighted by Gasteiger charge is 2.28. The summed E-state index contributed by atoms with van der Waals surface area (Å²) in [6.45, 7) is 9.66. The summed E-state index contributed by atoms with van der Waals surface area (Å²) >= 11 is 3.16. The van der Waals surface area contributed by atoms with Gasteiger partial charge in [-0.3, -0.25) is 14.7 Å². The van der Waals surface area contributed by atoms with E-state index in [1.807, 2.05) is 66.0 Å². The third-order valence-electron chi connectivity index (χ3n) is 9.18. The first-order valence-electron chi connectivity index (χ1n) is 18.4. The van der Waals surface area contributed by atoms with Gasteiger partial charge in [-0.15, -0.1) is 23.1 Å². The lowest BCUT2D eigenvalue weighted by atomic mass is 10.0. The van der Waals surface area contributed by atoms with Gasteiger partial charge in [0.15, 0.2) is 0 Å². The molecule has 2 aromatic carbocycles. The number of rotatable bonds is 18. The van der Waals surface area contributed by atoms with Crippen molar-refractivity contribution in [3.8, 4) is 0 Å². The molecule has 0 aliphatic carbocycles. The van der Waals surface area contributed by atoms with Crippen molar-refractivity contribution in [2.45, 2.75) is 69.5 Å². The van der Waals surface area contributed by atoms with Gasteiger partial charge in [0.25, 0.3) is 0 Å². The van der Waals surface area contributed by atoms with E-state index in [9.17, 15) is 14.4 Å². The Kier molecular flexibility index (Phi) is 16.0. The number of thioether (sulfide) groups is 1. The summed E-state index contributed by atoms with van der Waals surface area (Å²) in [6, 6.07) is 18.4. The zero-order valence-corrected chi connectivity index (χ0v) is 32.7. The van der Waals surface area contributed by atoms with Gasteiger partial charge in [-0.2, -0.15) is 0 Å². The number of nitrogens with one attached hydrogen (secondary N) is 2. The molecule has 3 aromatic rings. The first kappa shape index (κ1) is 40.2. The van der Waals surface area contributed by atoms with Crippen LogP contribution in [0.1, 0.15) is 54.4 Å². The molecular weight excluding hydrogens is 711 g/mol. The van der Waals surface area contributed by atoms with Crippen molar-refractivity contribution in [1.29, 1.82) is 0 Å². The number of morpholine rings is 1. The fourth-order valence-electron chi connectivity index (χ4n) is 6.10. The molecule has 12 nitrogen and oxygen atoms in total. The average Bonchev–Trinajstić information content (AvgIpc) is 3.88. The number of ether oxygens (including phenoxy) is 2. The molecular formula is C39H53N7O5S2. The van der Waals surface area contributed by atoms with Crippen LogP contribution in [0.25, 0.3) is 0 Å². The number of amides is 4. The smallest absolute Gasteiger partial charge is 0.410 e. The van der Waals surface area contributed by atoms with Crippen molar-refractivity contribution < 1.29 is 23.9 Å². The molecule has 2 aliphatic heterocycles. The number of aromatic nitrogens is 1. The minimum atomic E-state index is -0.774. The number of benzene rings is 2. The molecule has 4 amide bonds. The van der Waals surface area contributed by atoms with Crippen LogP contribution in [-0.4, -0.2) is 120 Å². The van der Waals surface area contributed by atoms with E-state index in [-0.39, 0.29) is 29.8 Å². The van der Waals surface area contributed by atoms with Crippen LogP contribution in [0.15, 0.2) is 71.0 Å². The molecule has 2 aliphatic rings. The van der Waals surface area contributed by atoms with Gasteiger partial charge in [0.2, 0.25) is 5.91 Å². The maximum absolute atomic E-state index is 14.2. The topological polar surface area (TPSA) is 129 Å². The number of aliphatic imine (C=N–C) groups is 1. The van der Waals surface area contributed by atoms with Crippen LogP contribution < -0.4 is 10.6 Å². The molecule has 1 saturated heterocycles. The fraction of sp³-hybridized carbons (Fsp3) is 0.513. The lowest BCUT2D eigenvalue weighted by molar-refractivity contribution is -0.124. The molecule has 2 N–H and O–H groups in total. The van der Waals surface area contributed by atoms with Crippen LogP contribution in [0.2, 0.25) is 0 Å². The van der Waals surface area contributed by atoms with Gasteiger partial charge < -0.3 is 29.9 Å². The summed E-state index contributed by atoms with van der Waals surface area (Å²) in [7, 11) is 1.72. The van der Waals surface area contributed by atoms with Crippen LogP contribution in [0.3, 0.4) is 0 Å². The first-order chi connectivity index (χ1) is 25.7. The highest BCUT2D eigenvalue weighted by Crippen LogP contribution is 2.20. The SMILES string of the molecule is CC(C)c1nc(CN(C)C(=O)NC(CCN2CCOCC2)C(=O)NC(CCN(Cc2ccccc2)C(=O)OCC2CN=CS2)Cc2ccccc2)cs1. The Balaban J connectivity index is 1.28. The number of nitrogens with zero attached hydrogens (tertiary/aromatic N) is 5. The molecule has 3 atom stereocenters.